The van der Waals surface area contributed by atoms with Crippen LogP contribution in [0, 0.1) is 5.92 Å². The number of H-pyrrole nitrogens is 1. The van der Waals surface area contributed by atoms with Gasteiger partial charge >= 0.3 is 10.3 Å². The van der Waals surface area contributed by atoms with Crippen molar-refractivity contribution >= 4 is 32.2 Å². The van der Waals surface area contributed by atoms with Gasteiger partial charge in [0.25, 0.3) is 0 Å². The molecular weight excluding hydrogens is 406 g/mol. The summed E-state index contributed by atoms with van der Waals surface area (Å²) in [5, 5.41) is 17.3. The lowest BCUT2D eigenvalue weighted by Crippen LogP contribution is -2.24. The number of aliphatic hydroxyl groups is 1. The first-order valence-corrected chi connectivity index (χ1v) is 11.1. The zero-order valence-electron chi connectivity index (χ0n) is 16.0. The van der Waals surface area contributed by atoms with Crippen molar-refractivity contribution in [2.45, 2.75) is 25.0 Å². The van der Waals surface area contributed by atoms with Crippen LogP contribution in [0.2, 0.25) is 0 Å². The number of aromatic nitrogens is 4. The molecule has 5 rings (SSSR count). The van der Waals surface area contributed by atoms with E-state index >= 15 is 0 Å². The van der Waals surface area contributed by atoms with Crippen molar-refractivity contribution in [2.75, 3.05) is 6.61 Å². The van der Waals surface area contributed by atoms with Gasteiger partial charge in [-0.2, -0.15) is 8.42 Å². The van der Waals surface area contributed by atoms with Crippen molar-refractivity contribution in [3.05, 3.63) is 48.9 Å². The van der Waals surface area contributed by atoms with Gasteiger partial charge in [-0.3, -0.25) is 4.18 Å². The molecule has 156 valence electrons. The van der Waals surface area contributed by atoms with Crippen LogP contribution < -0.4 is 5.14 Å². The van der Waals surface area contributed by atoms with E-state index in [1.165, 1.54) is 6.33 Å². The fraction of sp³-hybridized carbons (Fsp3) is 0.300. The highest BCUT2D eigenvalue weighted by Crippen LogP contribution is 2.38. The van der Waals surface area contributed by atoms with Crippen LogP contribution in [0.4, 0.5) is 0 Å². The summed E-state index contributed by atoms with van der Waals surface area (Å²) in [5.74, 6) is -0.319. The monoisotopic (exact) mass is 427 g/mol. The van der Waals surface area contributed by atoms with Crippen molar-refractivity contribution in [2.24, 2.45) is 11.1 Å². The number of aromatic amines is 1. The van der Waals surface area contributed by atoms with Gasteiger partial charge < -0.3 is 14.7 Å². The number of aliphatic hydroxyl groups excluding tert-OH is 1. The van der Waals surface area contributed by atoms with Crippen molar-refractivity contribution in [3.63, 3.8) is 0 Å². The molecule has 1 saturated carbocycles. The minimum absolute atomic E-state index is 0.0305. The summed E-state index contributed by atoms with van der Waals surface area (Å²) in [5.41, 5.74) is 3.52. The summed E-state index contributed by atoms with van der Waals surface area (Å²) >= 11 is 0. The standard InChI is InChI=1S/C20H21N5O4S/c21-30(27,28)29-10-13-7-14(9-18(13)26)25-6-5-15-19(22-11-23-20(15)25)17-8-12-3-1-2-4-16(12)24-17/h1-6,8,11,13-14,18,24,26H,7,9-10H2,(H2,21,27,28)/t13-,14+,18-/m0/s1. The molecule has 4 N–H and O–H groups in total. The first-order chi connectivity index (χ1) is 14.4. The molecule has 0 radical (unpaired) electrons. The van der Waals surface area contributed by atoms with Gasteiger partial charge in [-0.15, -0.1) is 0 Å². The van der Waals surface area contributed by atoms with Gasteiger partial charge in [0.05, 0.1) is 24.1 Å². The average molecular weight is 427 g/mol. The third-order valence-electron chi connectivity index (χ3n) is 5.77. The molecule has 9 nitrogen and oxygen atoms in total. The van der Waals surface area contributed by atoms with E-state index in [1.807, 2.05) is 41.1 Å². The van der Waals surface area contributed by atoms with Crippen LogP contribution in [0.3, 0.4) is 0 Å². The predicted octanol–water partition coefficient (Wildman–Crippen LogP) is 2.11. The number of rotatable bonds is 5. The number of hydrogen-bond donors (Lipinski definition) is 3. The van der Waals surface area contributed by atoms with Gasteiger partial charge in [-0.25, -0.2) is 15.1 Å². The highest BCUT2D eigenvalue weighted by atomic mass is 32.2. The van der Waals surface area contributed by atoms with Crippen LogP contribution in [0.1, 0.15) is 18.9 Å². The minimum atomic E-state index is -4.03. The highest BCUT2D eigenvalue weighted by molar-refractivity contribution is 7.84. The van der Waals surface area contributed by atoms with E-state index < -0.39 is 16.4 Å². The van der Waals surface area contributed by atoms with E-state index in [9.17, 15) is 13.5 Å². The maximum absolute atomic E-state index is 11.1. The molecule has 10 heteroatoms. The Balaban J connectivity index is 1.46. The van der Waals surface area contributed by atoms with Crippen molar-refractivity contribution in [1.82, 2.24) is 19.5 Å². The number of fused-ring (bicyclic) bond motifs is 2. The number of nitrogens with zero attached hydrogens (tertiary/aromatic N) is 3. The highest BCUT2D eigenvalue weighted by Gasteiger charge is 2.35. The molecule has 30 heavy (non-hydrogen) atoms. The van der Waals surface area contributed by atoms with Gasteiger partial charge in [0.15, 0.2) is 0 Å². The largest absolute Gasteiger partial charge is 0.393 e. The number of nitrogens with two attached hydrogens (primary N) is 1. The lowest BCUT2D eigenvalue weighted by molar-refractivity contribution is 0.100. The summed E-state index contributed by atoms with van der Waals surface area (Å²) in [7, 11) is -4.03. The van der Waals surface area contributed by atoms with Gasteiger partial charge in [0, 0.05) is 34.4 Å². The molecule has 0 spiro atoms. The van der Waals surface area contributed by atoms with E-state index in [2.05, 4.69) is 21.0 Å². The topological polar surface area (TPSA) is 136 Å². The van der Waals surface area contributed by atoms with E-state index in [1.54, 1.807) is 0 Å². The second-order valence-corrected chi connectivity index (χ2v) is 8.90. The predicted molar refractivity (Wildman–Crippen MR) is 112 cm³/mol. The molecule has 4 aromatic rings. The fourth-order valence-corrected chi connectivity index (χ4v) is 4.71. The number of para-hydroxylation sites is 1. The molecule has 1 aliphatic rings. The minimum Gasteiger partial charge on any atom is -0.393 e. The van der Waals surface area contributed by atoms with E-state index in [0.717, 1.165) is 33.3 Å². The maximum Gasteiger partial charge on any atom is 0.333 e. The molecule has 0 aliphatic heterocycles. The Kier molecular flexibility index (Phi) is 4.58. The summed E-state index contributed by atoms with van der Waals surface area (Å²) in [6.07, 6.45) is 3.84. The Morgan fingerprint density at radius 2 is 2.07 bits per heavy atom. The lowest BCUT2D eigenvalue weighted by atomic mass is 10.1. The van der Waals surface area contributed by atoms with E-state index in [0.29, 0.717) is 12.8 Å². The number of benzene rings is 1. The molecule has 3 atom stereocenters. The molecule has 0 amide bonds. The third kappa shape index (κ3) is 3.47. The molecule has 3 aromatic heterocycles. The number of hydrogen-bond acceptors (Lipinski definition) is 6. The molecule has 0 saturated heterocycles. The first kappa shape index (κ1) is 19.2. The Hall–Kier alpha value is -2.79. The second kappa shape index (κ2) is 7.17. The maximum atomic E-state index is 11.1. The van der Waals surface area contributed by atoms with Gasteiger partial charge in [-0.1, -0.05) is 18.2 Å². The van der Waals surface area contributed by atoms with Crippen LogP contribution in [-0.2, 0) is 14.5 Å². The average Bonchev–Trinajstić information content (AvgIpc) is 3.41. The molecule has 1 fully saturated rings. The fourth-order valence-electron chi connectivity index (χ4n) is 4.34. The summed E-state index contributed by atoms with van der Waals surface area (Å²) in [4.78, 5) is 12.4. The Morgan fingerprint density at radius 3 is 2.87 bits per heavy atom. The van der Waals surface area contributed by atoms with Crippen LogP contribution >= 0.6 is 0 Å². The van der Waals surface area contributed by atoms with Crippen LogP contribution in [0.15, 0.2) is 48.9 Å². The number of nitrogens with one attached hydrogen (secondary N) is 1. The van der Waals surface area contributed by atoms with Gasteiger partial charge in [-0.05, 0) is 31.0 Å². The van der Waals surface area contributed by atoms with Crippen LogP contribution in [0.5, 0.6) is 0 Å². The lowest BCUT2D eigenvalue weighted by Gasteiger charge is -2.14. The normalized spacial score (nSPS) is 22.3. The first-order valence-electron chi connectivity index (χ1n) is 9.64. The Bertz CT molecular complexity index is 1300. The molecular formula is C20H21N5O4S. The van der Waals surface area contributed by atoms with Crippen molar-refractivity contribution in [1.29, 1.82) is 0 Å². The second-order valence-electron chi connectivity index (χ2n) is 7.68. The van der Waals surface area contributed by atoms with Crippen LogP contribution in [0.25, 0.3) is 33.3 Å². The van der Waals surface area contributed by atoms with Gasteiger partial charge in [0.2, 0.25) is 0 Å². The van der Waals surface area contributed by atoms with Crippen LogP contribution in [-0.4, -0.2) is 45.8 Å². The zero-order chi connectivity index (χ0) is 20.9. The molecule has 1 aliphatic carbocycles. The Morgan fingerprint density at radius 1 is 1.23 bits per heavy atom. The zero-order valence-corrected chi connectivity index (χ0v) is 16.8. The van der Waals surface area contributed by atoms with E-state index in [-0.39, 0.29) is 18.6 Å². The Labute approximate surface area is 172 Å². The van der Waals surface area contributed by atoms with Crippen molar-refractivity contribution in [3.8, 4) is 11.4 Å². The van der Waals surface area contributed by atoms with Crippen molar-refractivity contribution < 1.29 is 17.7 Å². The van der Waals surface area contributed by atoms with Gasteiger partial charge in [0.1, 0.15) is 12.0 Å². The SMILES string of the molecule is NS(=O)(=O)OC[C@@H]1C[C@@H](n2ccc3c(-c4cc5ccccc5[nH]4)ncnc32)C[C@@H]1O. The summed E-state index contributed by atoms with van der Waals surface area (Å²) in [6, 6.07) is 12.0. The molecule has 0 bridgehead atoms. The molecule has 3 heterocycles. The van der Waals surface area contributed by atoms with E-state index in [4.69, 9.17) is 9.32 Å². The molecule has 0 unspecified atom stereocenters. The summed E-state index contributed by atoms with van der Waals surface area (Å²) < 4.78 is 28.8. The molecule has 1 aromatic carbocycles. The third-order valence-corrected chi connectivity index (χ3v) is 6.23. The quantitative estimate of drug-likeness (QED) is 0.446. The summed E-state index contributed by atoms with van der Waals surface area (Å²) in [6.45, 7) is -0.134. The smallest absolute Gasteiger partial charge is 0.333 e.